The fourth-order valence-electron chi connectivity index (χ4n) is 8.84. The van der Waals surface area contributed by atoms with Crippen molar-refractivity contribution >= 4 is 53.2 Å². The Balaban J connectivity index is 0.904. The number of hydrogen-bond acceptors (Lipinski definition) is 4. The Morgan fingerprint density at radius 2 is 0.746 bits per heavy atom. The maximum Gasteiger partial charge on any atom is 0.160 e. The lowest BCUT2D eigenvalue weighted by atomic mass is 9.97. The van der Waals surface area contributed by atoms with E-state index in [1.165, 1.54) is 53.0 Å². The van der Waals surface area contributed by atoms with E-state index < -0.39 is 0 Å². The largest absolute Gasteiger partial charge is 0.246 e. The maximum absolute atomic E-state index is 5.46. The third kappa shape index (κ3) is 6.74. The number of benzene rings is 9. The van der Waals surface area contributed by atoms with Gasteiger partial charge >= 0.3 is 0 Å². The lowest BCUT2D eigenvalue weighted by Gasteiger charge is -2.12. The Labute approximate surface area is 369 Å². The summed E-state index contributed by atoms with van der Waals surface area (Å²) in [5, 5.41) is 6.05. The number of fused-ring (bicyclic) bond motifs is 7. The molecule has 0 aliphatic carbocycles. The summed E-state index contributed by atoms with van der Waals surface area (Å²) < 4.78 is 2.56. The van der Waals surface area contributed by atoms with Crippen LogP contribution in [0.5, 0.6) is 0 Å². The predicted octanol–water partition coefficient (Wildman–Crippen LogP) is 16.2. The van der Waals surface area contributed by atoms with Crippen LogP contribution in [0.25, 0.3) is 120 Å². The maximum atomic E-state index is 5.46. The molecule has 0 spiro atoms. The number of hydrogen-bond donors (Lipinski definition) is 0. The van der Waals surface area contributed by atoms with E-state index in [1.807, 2.05) is 23.5 Å². The summed E-state index contributed by atoms with van der Waals surface area (Å²) in [6.45, 7) is 0. The number of nitrogens with zero attached hydrogens (tertiary/aromatic N) is 3. The van der Waals surface area contributed by atoms with Crippen molar-refractivity contribution in [2.24, 2.45) is 0 Å². The number of pyridine rings is 1. The smallest absolute Gasteiger partial charge is 0.160 e. The van der Waals surface area contributed by atoms with Gasteiger partial charge in [-0.05, 0) is 50.9 Å². The molecule has 0 saturated heterocycles. The molecule has 0 aliphatic rings. The second-order valence-electron chi connectivity index (χ2n) is 15.9. The number of thiophene rings is 1. The van der Waals surface area contributed by atoms with Gasteiger partial charge in [-0.2, -0.15) is 0 Å². The molecule has 0 fully saturated rings. The van der Waals surface area contributed by atoms with E-state index in [2.05, 4.69) is 212 Å². The lowest BCUT2D eigenvalue weighted by Crippen LogP contribution is -1.96. The molecular weight excluding hydrogens is 783 g/mol. The molecule has 0 unspecified atom stereocenters. The van der Waals surface area contributed by atoms with Crippen molar-refractivity contribution in [2.75, 3.05) is 0 Å². The van der Waals surface area contributed by atoms with Crippen LogP contribution in [-0.4, -0.2) is 15.0 Å². The Morgan fingerprint density at radius 1 is 0.302 bits per heavy atom. The van der Waals surface area contributed by atoms with Crippen molar-refractivity contribution in [2.45, 2.75) is 0 Å². The van der Waals surface area contributed by atoms with Crippen LogP contribution in [-0.2, 0) is 0 Å². The Morgan fingerprint density at radius 3 is 1.32 bits per heavy atom. The van der Waals surface area contributed by atoms with Gasteiger partial charge in [-0.25, -0.2) is 15.0 Å². The van der Waals surface area contributed by atoms with Crippen LogP contribution >= 0.6 is 11.3 Å². The second-order valence-corrected chi connectivity index (χ2v) is 17.0. The lowest BCUT2D eigenvalue weighted by molar-refractivity contribution is 1.18. The van der Waals surface area contributed by atoms with Gasteiger partial charge in [-0.3, -0.25) is 0 Å². The fourth-order valence-corrected chi connectivity index (χ4v) is 10.1. The average molecular weight is 820 g/mol. The minimum absolute atomic E-state index is 0.691. The first-order valence-electron chi connectivity index (χ1n) is 21.2. The quantitative estimate of drug-likeness (QED) is 0.150. The molecule has 63 heavy (non-hydrogen) atoms. The summed E-state index contributed by atoms with van der Waals surface area (Å²) in [5.41, 5.74) is 14.9. The van der Waals surface area contributed by atoms with Crippen LogP contribution in [0.1, 0.15) is 0 Å². The summed E-state index contributed by atoms with van der Waals surface area (Å²) in [5.74, 6) is 0.691. The molecule has 0 aliphatic heterocycles. The van der Waals surface area contributed by atoms with E-state index >= 15 is 0 Å². The van der Waals surface area contributed by atoms with Crippen LogP contribution in [0.4, 0.5) is 0 Å². The van der Waals surface area contributed by atoms with E-state index in [-0.39, 0.29) is 0 Å². The molecule has 3 nitrogen and oxygen atoms in total. The molecule has 0 radical (unpaired) electrons. The van der Waals surface area contributed by atoms with E-state index in [9.17, 15) is 0 Å². The van der Waals surface area contributed by atoms with Crippen LogP contribution < -0.4 is 0 Å². The molecule has 0 bridgehead atoms. The molecule has 0 saturated carbocycles. The second kappa shape index (κ2) is 15.4. The molecule has 0 amide bonds. The average Bonchev–Trinajstić information content (AvgIpc) is 3.77. The van der Waals surface area contributed by atoms with E-state index in [0.29, 0.717) is 5.82 Å². The molecule has 3 heterocycles. The van der Waals surface area contributed by atoms with Crippen molar-refractivity contribution in [3.63, 3.8) is 0 Å². The predicted molar refractivity (Wildman–Crippen MR) is 266 cm³/mol. The van der Waals surface area contributed by atoms with E-state index in [1.54, 1.807) is 0 Å². The fraction of sp³-hybridized carbons (Fsp3) is 0. The van der Waals surface area contributed by atoms with Crippen LogP contribution in [0.15, 0.2) is 224 Å². The zero-order valence-electron chi connectivity index (χ0n) is 34.1. The Kier molecular flexibility index (Phi) is 9.02. The third-order valence-corrected chi connectivity index (χ3v) is 13.3. The van der Waals surface area contributed by atoms with Gasteiger partial charge in [0.2, 0.25) is 0 Å². The molecule has 9 aromatic carbocycles. The van der Waals surface area contributed by atoms with Crippen LogP contribution in [0, 0.1) is 0 Å². The van der Waals surface area contributed by atoms with Crippen molar-refractivity contribution < 1.29 is 0 Å². The van der Waals surface area contributed by atoms with Crippen LogP contribution in [0.2, 0.25) is 0 Å². The van der Waals surface area contributed by atoms with Crippen molar-refractivity contribution in [3.05, 3.63) is 224 Å². The van der Waals surface area contributed by atoms with Crippen LogP contribution in [0.3, 0.4) is 0 Å². The van der Waals surface area contributed by atoms with Gasteiger partial charge in [-0.15, -0.1) is 11.3 Å². The summed E-state index contributed by atoms with van der Waals surface area (Å²) >= 11 is 1.86. The van der Waals surface area contributed by atoms with Gasteiger partial charge in [0.15, 0.2) is 5.82 Å². The molecule has 294 valence electrons. The third-order valence-electron chi connectivity index (χ3n) is 12.1. The molecule has 0 N–H and O–H groups in total. The highest BCUT2D eigenvalue weighted by atomic mass is 32.1. The zero-order chi connectivity index (χ0) is 41.7. The number of rotatable bonds is 7. The minimum Gasteiger partial charge on any atom is -0.246 e. The molecular formula is C59H37N3S. The summed E-state index contributed by atoms with van der Waals surface area (Å²) in [4.78, 5) is 15.8. The van der Waals surface area contributed by atoms with E-state index in [4.69, 9.17) is 15.0 Å². The summed E-state index contributed by atoms with van der Waals surface area (Å²) in [7, 11) is 0. The van der Waals surface area contributed by atoms with Gasteiger partial charge < -0.3 is 0 Å². The zero-order valence-corrected chi connectivity index (χ0v) is 34.9. The Bertz CT molecular complexity index is 3520. The van der Waals surface area contributed by atoms with E-state index in [0.717, 1.165) is 61.5 Å². The van der Waals surface area contributed by atoms with Gasteiger partial charge in [0.1, 0.15) is 0 Å². The molecule has 0 atom stereocenters. The monoisotopic (exact) mass is 819 g/mol. The number of aromatic nitrogens is 3. The first kappa shape index (κ1) is 36.8. The molecule has 4 heteroatoms. The van der Waals surface area contributed by atoms with Crippen molar-refractivity contribution in [3.8, 4) is 78.5 Å². The van der Waals surface area contributed by atoms with Crippen molar-refractivity contribution in [1.29, 1.82) is 0 Å². The Hall–Kier alpha value is -8.05. The molecule has 12 rings (SSSR count). The standard InChI is InChI=1S/C59H37N3S/c1-3-11-38(12-4-1)40-19-27-45(28-20-40)52-37-53(61-59(60-52)48-33-25-41(26-34-48)39-13-5-2-6-14-39)46-29-21-42(22-30-46)43-23-31-47(32-24-43)56-55-50-17-9-10-18-54(50)63-58(55)51-36-35-44-15-7-8-16-49(44)57(51)62-56/h1-37H. The minimum atomic E-state index is 0.691. The topological polar surface area (TPSA) is 38.7 Å². The summed E-state index contributed by atoms with van der Waals surface area (Å²) in [6, 6.07) is 79.6. The summed E-state index contributed by atoms with van der Waals surface area (Å²) in [6.07, 6.45) is 0. The normalized spacial score (nSPS) is 11.5. The highest BCUT2D eigenvalue weighted by Crippen LogP contribution is 2.44. The molecule has 3 aromatic heterocycles. The highest BCUT2D eigenvalue weighted by Gasteiger charge is 2.18. The van der Waals surface area contributed by atoms with Gasteiger partial charge in [0.05, 0.1) is 22.6 Å². The SMILES string of the molecule is c1ccc(-c2ccc(-c3cc(-c4ccc(-c5ccc(-c6nc7c8ccccc8ccc7c7sc8ccccc8c67)cc5)cc4)nc(-c4ccc(-c5ccccc5)cc4)n3)cc2)cc1. The first-order chi connectivity index (χ1) is 31.2. The van der Waals surface area contributed by atoms with Gasteiger partial charge in [0, 0.05) is 53.2 Å². The first-order valence-corrected chi connectivity index (χ1v) is 22.1. The van der Waals surface area contributed by atoms with Gasteiger partial charge in [-0.1, -0.05) is 212 Å². The highest BCUT2D eigenvalue weighted by molar-refractivity contribution is 7.26. The van der Waals surface area contributed by atoms with Gasteiger partial charge in [0.25, 0.3) is 0 Å². The molecule has 12 aromatic rings. The van der Waals surface area contributed by atoms with Crippen molar-refractivity contribution in [1.82, 2.24) is 15.0 Å².